The highest BCUT2D eigenvalue weighted by Gasteiger charge is 2.18. The molecule has 3 heterocycles. The predicted molar refractivity (Wildman–Crippen MR) is 111 cm³/mol. The molecule has 152 valence electrons. The summed E-state index contributed by atoms with van der Waals surface area (Å²) >= 11 is 0. The number of benzene rings is 1. The molecule has 0 radical (unpaired) electrons. The SMILES string of the molecule is CC(C)n1nccc1NC(=O)COC(=O)c1cc(-c2ccco2)nc2ccccc12. The van der Waals surface area contributed by atoms with E-state index in [9.17, 15) is 9.59 Å². The summed E-state index contributed by atoms with van der Waals surface area (Å²) in [6.45, 7) is 3.48. The van der Waals surface area contributed by atoms with Crippen LogP contribution in [0.1, 0.15) is 30.2 Å². The van der Waals surface area contributed by atoms with Gasteiger partial charge in [-0.05, 0) is 38.1 Å². The molecule has 1 N–H and O–H groups in total. The van der Waals surface area contributed by atoms with Gasteiger partial charge in [0.1, 0.15) is 11.5 Å². The Morgan fingerprint density at radius 1 is 1.17 bits per heavy atom. The lowest BCUT2D eigenvalue weighted by atomic mass is 10.1. The number of hydrogen-bond donors (Lipinski definition) is 1. The molecule has 4 rings (SSSR count). The lowest BCUT2D eigenvalue weighted by Crippen LogP contribution is -2.23. The van der Waals surface area contributed by atoms with Crippen molar-refractivity contribution < 1.29 is 18.7 Å². The van der Waals surface area contributed by atoms with E-state index in [0.717, 1.165) is 0 Å². The quantitative estimate of drug-likeness (QED) is 0.487. The van der Waals surface area contributed by atoms with Crippen LogP contribution in [0.5, 0.6) is 0 Å². The fraction of sp³-hybridized carbons (Fsp3) is 0.182. The summed E-state index contributed by atoms with van der Waals surface area (Å²) in [5.41, 5.74) is 1.45. The maximum Gasteiger partial charge on any atom is 0.339 e. The fourth-order valence-corrected chi connectivity index (χ4v) is 3.11. The molecule has 8 heteroatoms. The zero-order chi connectivity index (χ0) is 21.1. The molecule has 0 aliphatic heterocycles. The van der Waals surface area contributed by atoms with Gasteiger partial charge in [0, 0.05) is 17.5 Å². The van der Waals surface area contributed by atoms with Gasteiger partial charge in [0.2, 0.25) is 0 Å². The van der Waals surface area contributed by atoms with E-state index in [1.807, 2.05) is 26.0 Å². The molecule has 0 spiro atoms. The Kier molecular flexibility index (Phi) is 5.30. The third kappa shape index (κ3) is 3.93. The van der Waals surface area contributed by atoms with Crippen LogP contribution < -0.4 is 5.32 Å². The first-order valence-electron chi connectivity index (χ1n) is 9.47. The van der Waals surface area contributed by atoms with Crippen molar-refractivity contribution in [1.82, 2.24) is 14.8 Å². The Labute approximate surface area is 172 Å². The first-order chi connectivity index (χ1) is 14.5. The Morgan fingerprint density at radius 2 is 2.00 bits per heavy atom. The Hall–Kier alpha value is -3.94. The number of hydrogen-bond acceptors (Lipinski definition) is 6. The van der Waals surface area contributed by atoms with Gasteiger partial charge in [-0.25, -0.2) is 14.5 Å². The van der Waals surface area contributed by atoms with E-state index in [1.54, 1.807) is 47.3 Å². The van der Waals surface area contributed by atoms with Crippen LogP contribution in [0, 0.1) is 0 Å². The van der Waals surface area contributed by atoms with Crippen LogP contribution in [0.2, 0.25) is 0 Å². The third-order valence-corrected chi connectivity index (χ3v) is 4.47. The molecule has 0 saturated carbocycles. The summed E-state index contributed by atoms with van der Waals surface area (Å²) in [5.74, 6) is 0.0132. The lowest BCUT2D eigenvalue weighted by molar-refractivity contribution is -0.119. The van der Waals surface area contributed by atoms with E-state index in [0.29, 0.717) is 33.7 Å². The summed E-state index contributed by atoms with van der Waals surface area (Å²) < 4.78 is 12.4. The largest absolute Gasteiger partial charge is 0.463 e. The van der Waals surface area contributed by atoms with Crippen LogP contribution in [-0.2, 0) is 9.53 Å². The van der Waals surface area contributed by atoms with Crippen molar-refractivity contribution >= 4 is 28.6 Å². The number of rotatable bonds is 6. The number of para-hydroxylation sites is 1. The number of carbonyl (C=O) groups is 2. The molecule has 4 aromatic rings. The number of nitrogens with zero attached hydrogens (tertiary/aromatic N) is 3. The molecule has 0 aliphatic rings. The molecule has 8 nitrogen and oxygen atoms in total. The Balaban J connectivity index is 1.53. The lowest BCUT2D eigenvalue weighted by Gasteiger charge is -2.12. The number of amides is 1. The van der Waals surface area contributed by atoms with Gasteiger partial charge >= 0.3 is 5.97 Å². The highest BCUT2D eigenvalue weighted by molar-refractivity contribution is 6.05. The molecular formula is C22H20N4O4. The smallest absolute Gasteiger partial charge is 0.339 e. The molecule has 0 fully saturated rings. The number of ether oxygens (including phenoxy) is 1. The zero-order valence-corrected chi connectivity index (χ0v) is 16.5. The summed E-state index contributed by atoms with van der Waals surface area (Å²) in [6.07, 6.45) is 3.14. The van der Waals surface area contributed by atoms with Crippen molar-refractivity contribution in [1.29, 1.82) is 0 Å². The number of fused-ring (bicyclic) bond motifs is 1. The van der Waals surface area contributed by atoms with Crippen LogP contribution >= 0.6 is 0 Å². The van der Waals surface area contributed by atoms with Gasteiger partial charge in [-0.2, -0.15) is 5.10 Å². The highest BCUT2D eigenvalue weighted by Crippen LogP contribution is 2.25. The summed E-state index contributed by atoms with van der Waals surface area (Å²) in [7, 11) is 0. The van der Waals surface area contributed by atoms with E-state index in [1.165, 1.54) is 6.26 Å². The molecule has 0 saturated heterocycles. The summed E-state index contributed by atoms with van der Waals surface area (Å²) in [5, 5.41) is 7.50. The number of carbonyl (C=O) groups excluding carboxylic acids is 2. The van der Waals surface area contributed by atoms with Gasteiger partial charge in [0.05, 0.1) is 23.5 Å². The monoisotopic (exact) mass is 404 g/mol. The minimum Gasteiger partial charge on any atom is -0.463 e. The fourth-order valence-electron chi connectivity index (χ4n) is 3.11. The molecular weight excluding hydrogens is 384 g/mol. The number of anilines is 1. The summed E-state index contributed by atoms with van der Waals surface area (Å²) in [6, 6.07) is 14.1. The maximum atomic E-state index is 12.8. The van der Waals surface area contributed by atoms with E-state index < -0.39 is 18.5 Å². The normalized spacial score (nSPS) is 11.0. The Bertz CT molecular complexity index is 1200. The molecule has 0 bridgehead atoms. The van der Waals surface area contributed by atoms with Crippen molar-refractivity contribution in [3.8, 4) is 11.5 Å². The van der Waals surface area contributed by atoms with Gasteiger partial charge in [-0.3, -0.25) is 4.79 Å². The van der Waals surface area contributed by atoms with Crippen LogP contribution in [0.3, 0.4) is 0 Å². The molecule has 1 amide bonds. The molecule has 1 aromatic carbocycles. The second kappa shape index (κ2) is 8.20. The van der Waals surface area contributed by atoms with E-state index >= 15 is 0 Å². The highest BCUT2D eigenvalue weighted by atomic mass is 16.5. The maximum absolute atomic E-state index is 12.8. The van der Waals surface area contributed by atoms with Crippen LogP contribution in [-0.4, -0.2) is 33.2 Å². The third-order valence-electron chi connectivity index (χ3n) is 4.47. The van der Waals surface area contributed by atoms with Crippen molar-refractivity contribution in [2.75, 3.05) is 11.9 Å². The van der Waals surface area contributed by atoms with Gasteiger partial charge < -0.3 is 14.5 Å². The predicted octanol–water partition coefficient (Wildman–Crippen LogP) is 4.07. The molecule has 0 unspecified atom stereocenters. The van der Waals surface area contributed by atoms with Gasteiger partial charge in [0.15, 0.2) is 12.4 Å². The second-order valence-corrected chi connectivity index (χ2v) is 6.93. The average molecular weight is 404 g/mol. The van der Waals surface area contributed by atoms with Crippen LogP contribution in [0.15, 0.2) is 65.4 Å². The van der Waals surface area contributed by atoms with Gasteiger partial charge in [-0.15, -0.1) is 0 Å². The van der Waals surface area contributed by atoms with Crippen LogP contribution in [0.25, 0.3) is 22.4 Å². The van der Waals surface area contributed by atoms with Crippen molar-refractivity contribution in [2.45, 2.75) is 19.9 Å². The minimum absolute atomic E-state index is 0.0843. The van der Waals surface area contributed by atoms with E-state index in [4.69, 9.17) is 9.15 Å². The number of aromatic nitrogens is 3. The molecule has 30 heavy (non-hydrogen) atoms. The van der Waals surface area contributed by atoms with Gasteiger partial charge in [0.25, 0.3) is 5.91 Å². The molecule has 3 aromatic heterocycles. The first kappa shape index (κ1) is 19.4. The zero-order valence-electron chi connectivity index (χ0n) is 16.5. The average Bonchev–Trinajstić information content (AvgIpc) is 3.43. The van der Waals surface area contributed by atoms with Crippen molar-refractivity contribution in [3.05, 3.63) is 66.6 Å². The number of pyridine rings is 1. The summed E-state index contributed by atoms with van der Waals surface area (Å²) in [4.78, 5) is 29.6. The van der Waals surface area contributed by atoms with Gasteiger partial charge in [-0.1, -0.05) is 18.2 Å². The van der Waals surface area contributed by atoms with Crippen molar-refractivity contribution in [2.24, 2.45) is 0 Å². The molecule has 0 aliphatic carbocycles. The standard InChI is InChI=1S/C22H20N4O4/c1-14(2)26-20(9-10-23-26)25-21(27)13-30-22(28)16-12-18(19-8-5-11-29-19)24-17-7-4-3-6-15(16)17/h3-12,14H,13H2,1-2H3,(H,25,27). The molecule has 0 atom stereocenters. The second-order valence-electron chi connectivity index (χ2n) is 6.93. The number of nitrogens with one attached hydrogen (secondary N) is 1. The van der Waals surface area contributed by atoms with E-state index in [-0.39, 0.29) is 6.04 Å². The van der Waals surface area contributed by atoms with Crippen molar-refractivity contribution in [3.63, 3.8) is 0 Å². The number of furan rings is 1. The Morgan fingerprint density at radius 3 is 2.77 bits per heavy atom. The number of esters is 1. The minimum atomic E-state index is -0.617. The van der Waals surface area contributed by atoms with E-state index in [2.05, 4.69) is 15.4 Å². The topological polar surface area (TPSA) is 99.2 Å². The first-order valence-corrected chi connectivity index (χ1v) is 9.47. The van der Waals surface area contributed by atoms with Crippen LogP contribution in [0.4, 0.5) is 5.82 Å².